The Kier molecular flexibility index (Phi) is 9.21. The molecule has 0 radical (unpaired) electrons. The van der Waals surface area contributed by atoms with Crippen LogP contribution in [-0.2, 0) is 29.2 Å². The Morgan fingerprint density at radius 1 is 1.13 bits per heavy atom. The average Bonchev–Trinajstić information content (AvgIpc) is 3.92. The molecule has 2 aliphatic carbocycles. The van der Waals surface area contributed by atoms with Crippen LogP contribution >= 0.6 is 11.3 Å². The molecule has 3 fully saturated rings. The summed E-state index contributed by atoms with van der Waals surface area (Å²) in [6, 6.07) is 7.27. The number of hydrogen-bond acceptors (Lipinski definition) is 11. The standard InChI is InChI=1S/C37H40N6O8S2/c1-21(44)39-26-11-6-4-2-3-5-9-22-19-37(22,36(47)42-53(48,49)24-13-14-24)41-33(45)28-17-23(20-43(28)35(26)46)50-30-18-27(34-38-15-16-52-34)40-31-25-10-7-8-12-29(25)51-32(30)31/h5,7-10,12,15-16,18,22-24,26,28H,2-4,6,11,13-14,17,19-20H2,1H3,(H,39,44)(H,41,45)(H,42,47)/b9-5-/t22-,23+,26-,28-,37+/m0/s1. The molecule has 2 aliphatic heterocycles. The number of allylic oxidation sites excluding steroid dienone is 1. The summed E-state index contributed by atoms with van der Waals surface area (Å²) in [7, 11) is -3.88. The van der Waals surface area contributed by atoms with Gasteiger partial charge >= 0.3 is 0 Å². The Balaban J connectivity index is 1.14. The smallest absolute Gasteiger partial charge is 0.259 e. The molecule has 0 unspecified atom stereocenters. The van der Waals surface area contributed by atoms with Crippen LogP contribution < -0.4 is 20.1 Å². The number of benzene rings is 1. The third-order valence-electron chi connectivity index (χ3n) is 10.5. The van der Waals surface area contributed by atoms with Gasteiger partial charge in [0.25, 0.3) is 5.91 Å². The quantitative estimate of drug-likeness (QED) is 0.233. The summed E-state index contributed by atoms with van der Waals surface area (Å²) in [5, 5.41) is 8.36. The third-order valence-corrected chi connectivity index (χ3v) is 13.1. The largest absolute Gasteiger partial charge is 0.484 e. The van der Waals surface area contributed by atoms with Crippen molar-refractivity contribution in [1.82, 2.24) is 30.2 Å². The monoisotopic (exact) mass is 760 g/mol. The normalized spacial score (nSPS) is 27.2. The van der Waals surface area contributed by atoms with E-state index in [0.717, 1.165) is 18.2 Å². The fraction of sp³-hybridized carbons (Fsp3) is 0.459. The van der Waals surface area contributed by atoms with Gasteiger partial charge in [-0.15, -0.1) is 11.3 Å². The predicted molar refractivity (Wildman–Crippen MR) is 196 cm³/mol. The minimum atomic E-state index is -3.88. The first-order chi connectivity index (χ1) is 25.5. The van der Waals surface area contributed by atoms with Crippen LogP contribution in [0.2, 0.25) is 0 Å². The molecule has 278 valence electrons. The lowest BCUT2D eigenvalue weighted by atomic mass is 10.0. The summed E-state index contributed by atoms with van der Waals surface area (Å²) in [6.45, 7) is 1.35. The van der Waals surface area contributed by atoms with E-state index in [0.29, 0.717) is 65.2 Å². The van der Waals surface area contributed by atoms with Crippen molar-refractivity contribution in [2.45, 2.75) is 93.7 Å². The molecule has 2 saturated carbocycles. The number of thiazole rings is 1. The zero-order valence-electron chi connectivity index (χ0n) is 29.1. The number of nitrogens with one attached hydrogen (secondary N) is 3. The van der Waals surface area contributed by atoms with Crippen LogP contribution in [0.4, 0.5) is 0 Å². The molecule has 16 heteroatoms. The van der Waals surface area contributed by atoms with Crippen molar-refractivity contribution in [2.24, 2.45) is 5.92 Å². The van der Waals surface area contributed by atoms with E-state index in [9.17, 15) is 27.6 Å². The molecule has 3 N–H and O–H groups in total. The van der Waals surface area contributed by atoms with Crippen LogP contribution in [0.5, 0.6) is 5.75 Å². The van der Waals surface area contributed by atoms with E-state index in [4.69, 9.17) is 14.1 Å². The summed E-state index contributed by atoms with van der Waals surface area (Å²) in [5.74, 6) is -2.25. The molecule has 5 heterocycles. The van der Waals surface area contributed by atoms with Crippen LogP contribution in [-0.4, -0.2) is 82.4 Å². The van der Waals surface area contributed by atoms with E-state index in [1.807, 2.05) is 41.8 Å². The molecule has 4 amide bonds. The number of amides is 4. The molecule has 53 heavy (non-hydrogen) atoms. The number of para-hydroxylation sites is 1. The first kappa shape index (κ1) is 35.2. The van der Waals surface area contributed by atoms with Crippen LogP contribution in [0.25, 0.3) is 32.8 Å². The summed E-state index contributed by atoms with van der Waals surface area (Å²) in [6.07, 6.45) is 9.42. The van der Waals surface area contributed by atoms with E-state index in [2.05, 4.69) is 20.3 Å². The minimum absolute atomic E-state index is 0.00220. The fourth-order valence-corrected chi connectivity index (χ4v) is 9.43. The number of carbonyl (C=O) groups excluding carboxylic acids is 4. The summed E-state index contributed by atoms with van der Waals surface area (Å²) >= 11 is 1.42. The summed E-state index contributed by atoms with van der Waals surface area (Å²) < 4.78 is 40.7. The van der Waals surface area contributed by atoms with E-state index in [-0.39, 0.29) is 25.3 Å². The molecule has 8 rings (SSSR count). The molecule has 0 spiro atoms. The molecule has 5 atom stereocenters. The molecular weight excluding hydrogens is 721 g/mol. The van der Waals surface area contributed by atoms with Crippen molar-refractivity contribution in [3.05, 3.63) is 54.1 Å². The van der Waals surface area contributed by atoms with E-state index >= 15 is 0 Å². The van der Waals surface area contributed by atoms with Crippen LogP contribution in [0.3, 0.4) is 0 Å². The fourth-order valence-electron chi connectivity index (χ4n) is 7.47. The Hall–Kier alpha value is -4.83. The SMILES string of the molecule is CC(=O)N[C@H]1CCCCC/C=C\[C@H]2C[C@@]2(C(=O)NS(=O)(=O)C2CC2)NC(=O)[C@@H]2C[C@@H](Oc3cc(-c4nccs4)nc4c3oc3ccccc34)CN2C1=O. The molecular formula is C37H40N6O8S2. The Morgan fingerprint density at radius 2 is 1.96 bits per heavy atom. The van der Waals surface area contributed by atoms with Gasteiger partial charge in [-0.25, -0.2) is 18.4 Å². The van der Waals surface area contributed by atoms with Gasteiger partial charge in [0.2, 0.25) is 27.7 Å². The maximum atomic E-state index is 14.4. The van der Waals surface area contributed by atoms with Crippen molar-refractivity contribution < 1.29 is 36.7 Å². The number of nitrogens with zero attached hydrogens (tertiary/aromatic N) is 3. The lowest BCUT2D eigenvalue weighted by Gasteiger charge is -2.29. The van der Waals surface area contributed by atoms with Gasteiger partial charge in [-0.2, -0.15) is 0 Å². The number of carbonyl (C=O) groups is 4. The number of hydrogen-bond donors (Lipinski definition) is 3. The number of pyridine rings is 1. The first-order valence-electron chi connectivity index (χ1n) is 18.0. The number of rotatable bonds is 7. The highest BCUT2D eigenvalue weighted by molar-refractivity contribution is 7.91. The number of aromatic nitrogens is 2. The second-order valence-electron chi connectivity index (χ2n) is 14.4. The zero-order valence-corrected chi connectivity index (χ0v) is 30.7. The van der Waals surface area contributed by atoms with Crippen molar-refractivity contribution in [3.8, 4) is 16.5 Å². The van der Waals surface area contributed by atoms with Gasteiger partial charge in [0.1, 0.15) is 45.5 Å². The summed E-state index contributed by atoms with van der Waals surface area (Å²) in [5.41, 5.74) is 0.682. The van der Waals surface area contributed by atoms with Gasteiger partial charge in [-0.3, -0.25) is 23.9 Å². The zero-order chi connectivity index (χ0) is 36.9. The molecule has 1 aromatic carbocycles. The van der Waals surface area contributed by atoms with Crippen molar-refractivity contribution in [1.29, 1.82) is 0 Å². The molecule has 1 saturated heterocycles. The predicted octanol–water partition coefficient (Wildman–Crippen LogP) is 3.96. The Labute approximate surface area is 309 Å². The minimum Gasteiger partial charge on any atom is -0.484 e. The van der Waals surface area contributed by atoms with Gasteiger partial charge in [0.05, 0.1) is 11.8 Å². The maximum Gasteiger partial charge on any atom is 0.259 e. The topological polar surface area (TPSA) is 190 Å². The highest BCUT2D eigenvalue weighted by atomic mass is 32.2. The number of furan rings is 1. The second-order valence-corrected chi connectivity index (χ2v) is 17.2. The van der Waals surface area contributed by atoms with Gasteiger partial charge < -0.3 is 24.7 Å². The second kappa shape index (κ2) is 13.9. The number of ether oxygens (including phenoxy) is 1. The molecule has 4 aromatic rings. The lowest BCUT2D eigenvalue weighted by molar-refractivity contribution is -0.142. The van der Waals surface area contributed by atoms with Crippen molar-refractivity contribution in [2.75, 3.05) is 6.54 Å². The average molecular weight is 761 g/mol. The van der Waals surface area contributed by atoms with Crippen LogP contribution in [0.15, 0.2) is 58.5 Å². The lowest BCUT2D eigenvalue weighted by Crippen LogP contribution is -2.58. The van der Waals surface area contributed by atoms with Gasteiger partial charge in [0.15, 0.2) is 11.3 Å². The van der Waals surface area contributed by atoms with Gasteiger partial charge in [-0.1, -0.05) is 37.1 Å². The molecule has 4 aliphatic rings. The molecule has 3 aromatic heterocycles. The Morgan fingerprint density at radius 3 is 2.74 bits per heavy atom. The highest BCUT2D eigenvalue weighted by Gasteiger charge is 2.62. The first-order valence-corrected chi connectivity index (χ1v) is 20.5. The third kappa shape index (κ3) is 7.01. The van der Waals surface area contributed by atoms with E-state index < -0.39 is 62.6 Å². The van der Waals surface area contributed by atoms with Crippen LogP contribution in [0.1, 0.15) is 64.7 Å². The van der Waals surface area contributed by atoms with E-state index in [1.165, 1.54) is 23.2 Å². The maximum absolute atomic E-state index is 14.4. The number of fused-ring (bicyclic) bond motifs is 5. The van der Waals surface area contributed by atoms with Crippen molar-refractivity contribution in [3.63, 3.8) is 0 Å². The van der Waals surface area contributed by atoms with Crippen molar-refractivity contribution >= 4 is 67.1 Å². The summed E-state index contributed by atoms with van der Waals surface area (Å²) in [4.78, 5) is 65.4. The molecule has 14 nitrogen and oxygen atoms in total. The number of sulfonamides is 1. The highest BCUT2D eigenvalue weighted by Crippen LogP contribution is 2.46. The Bertz CT molecular complexity index is 2230. The van der Waals surface area contributed by atoms with Gasteiger partial charge in [-0.05, 0) is 50.7 Å². The van der Waals surface area contributed by atoms with E-state index in [1.54, 1.807) is 12.3 Å². The van der Waals surface area contributed by atoms with Crippen LogP contribution in [0, 0.1) is 5.92 Å². The van der Waals surface area contributed by atoms with Gasteiger partial charge in [0, 0.05) is 42.3 Å². The molecule has 0 bridgehead atoms.